The largest absolute Gasteiger partial charge is 0.385 e. The van der Waals surface area contributed by atoms with Crippen LogP contribution in [0.5, 0.6) is 0 Å². The molecule has 1 nitrogen and oxygen atoms in total. The Morgan fingerprint density at radius 3 is 2.25 bits per heavy atom. The molecule has 0 aliphatic carbocycles. The molecule has 0 spiro atoms. The fourth-order valence-corrected chi connectivity index (χ4v) is 1.06. The monoisotopic (exact) mass is 163 g/mol. The first-order valence-corrected chi connectivity index (χ1v) is 4.16. The second-order valence-corrected chi connectivity index (χ2v) is 3.41. The first-order valence-electron chi connectivity index (χ1n) is 4.16. The zero-order chi connectivity index (χ0) is 9.19. The van der Waals surface area contributed by atoms with E-state index >= 15 is 0 Å². The van der Waals surface area contributed by atoms with Gasteiger partial charge in [-0.25, -0.2) is 0 Å². The van der Waals surface area contributed by atoms with E-state index in [-0.39, 0.29) is 5.92 Å². The quantitative estimate of drug-likeness (QED) is 0.709. The van der Waals surface area contributed by atoms with Crippen LogP contribution in [0.1, 0.15) is 19.4 Å². The minimum atomic E-state index is -0.818. The summed E-state index contributed by atoms with van der Waals surface area (Å²) in [5.41, 5.74) is 0.105. The van der Waals surface area contributed by atoms with Crippen LogP contribution in [0.3, 0.4) is 0 Å². The molecule has 0 saturated heterocycles. The number of aliphatic hydroxyl groups is 1. The third-order valence-corrected chi connectivity index (χ3v) is 2.32. The van der Waals surface area contributed by atoms with Crippen LogP contribution in [-0.4, -0.2) is 5.11 Å². The standard InChI is InChI=1S/C11H15O/c1-9(2)11(3,12)10-7-5-4-6-8-10/h4-9,12H,1H2,2-3H3. The maximum Gasteiger partial charge on any atom is 0.0893 e. The van der Waals surface area contributed by atoms with Crippen molar-refractivity contribution in [2.75, 3.05) is 0 Å². The van der Waals surface area contributed by atoms with E-state index in [0.29, 0.717) is 0 Å². The summed E-state index contributed by atoms with van der Waals surface area (Å²) in [6, 6.07) is 9.62. The van der Waals surface area contributed by atoms with E-state index in [4.69, 9.17) is 0 Å². The molecule has 2 atom stereocenters. The highest BCUT2D eigenvalue weighted by molar-refractivity contribution is 5.22. The minimum absolute atomic E-state index is 0.0140. The Hall–Kier alpha value is -0.820. The van der Waals surface area contributed by atoms with Gasteiger partial charge in [0.25, 0.3) is 0 Å². The van der Waals surface area contributed by atoms with Gasteiger partial charge in [0, 0.05) is 0 Å². The van der Waals surface area contributed by atoms with Crippen molar-refractivity contribution >= 4 is 0 Å². The van der Waals surface area contributed by atoms with E-state index in [1.807, 2.05) is 37.3 Å². The molecular weight excluding hydrogens is 148 g/mol. The average molecular weight is 163 g/mol. The molecule has 1 heteroatoms. The average Bonchev–Trinajstić information content (AvgIpc) is 2.06. The van der Waals surface area contributed by atoms with Crippen LogP contribution < -0.4 is 0 Å². The summed E-state index contributed by atoms with van der Waals surface area (Å²) in [6.07, 6.45) is 0. The van der Waals surface area contributed by atoms with Gasteiger partial charge in [-0.2, -0.15) is 0 Å². The first-order chi connectivity index (χ1) is 5.55. The van der Waals surface area contributed by atoms with Gasteiger partial charge in [0.05, 0.1) is 5.60 Å². The van der Waals surface area contributed by atoms with Crippen LogP contribution in [0, 0.1) is 12.8 Å². The van der Waals surface area contributed by atoms with Crippen molar-refractivity contribution in [1.82, 2.24) is 0 Å². The fraction of sp³-hybridized carbons (Fsp3) is 0.364. The summed E-state index contributed by atoms with van der Waals surface area (Å²) in [7, 11) is 0. The van der Waals surface area contributed by atoms with Crippen molar-refractivity contribution in [3.63, 3.8) is 0 Å². The SMILES string of the molecule is [CH2]C(C)C(C)(O)c1ccccc1. The van der Waals surface area contributed by atoms with Gasteiger partial charge in [-0.05, 0) is 25.3 Å². The molecule has 0 saturated carbocycles. The van der Waals surface area contributed by atoms with Crippen LogP contribution in [0.15, 0.2) is 30.3 Å². The Labute approximate surface area is 74.1 Å². The summed E-state index contributed by atoms with van der Waals surface area (Å²) in [6.45, 7) is 7.54. The van der Waals surface area contributed by atoms with E-state index in [0.717, 1.165) is 5.56 Å². The van der Waals surface area contributed by atoms with Crippen molar-refractivity contribution in [1.29, 1.82) is 0 Å². The van der Waals surface area contributed by atoms with Crippen LogP contribution in [0.25, 0.3) is 0 Å². The molecule has 65 valence electrons. The molecule has 12 heavy (non-hydrogen) atoms. The molecule has 2 unspecified atom stereocenters. The molecule has 0 bridgehead atoms. The third-order valence-electron chi connectivity index (χ3n) is 2.32. The molecule has 1 aromatic carbocycles. The summed E-state index contributed by atoms with van der Waals surface area (Å²) >= 11 is 0. The van der Waals surface area contributed by atoms with Crippen LogP contribution in [0.4, 0.5) is 0 Å². The molecule has 1 radical (unpaired) electrons. The van der Waals surface area contributed by atoms with E-state index in [1.54, 1.807) is 6.92 Å². The molecule has 1 aromatic rings. The molecule has 0 aliphatic heterocycles. The predicted molar refractivity (Wildman–Crippen MR) is 50.5 cm³/mol. The van der Waals surface area contributed by atoms with Crippen LogP contribution in [-0.2, 0) is 5.60 Å². The Morgan fingerprint density at radius 2 is 1.83 bits per heavy atom. The first kappa shape index (κ1) is 9.27. The second kappa shape index (κ2) is 3.28. The third kappa shape index (κ3) is 1.67. The molecule has 1 N–H and O–H groups in total. The summed E-state index contributed by atoms with van der Waals surface area (Å²) in [5, 5.41) is 10.0. The molecule has 0 aromatic heterocycles. The zero-order valence-corrected chi connectivity index (χ0v) is 7.62. The second-order valence-electron chi connectivity index (χ2n) is 3.41. The lowest BCUT2D eigenvalue weighted by Gasteiger charge is -2.27. The summed E-state index contributed by atoms with van der Waals surface area (Å²) < 4.78 is 0. The number of benzene rings is 1. The van der Waals surface area contributed by atoms with Gasteiger partial charge >= 0.3 is 0 Å². The van der Waals surface area contributed by atoms with Gasteiger partial charge in [0.2, 0.25) is 0 Å². The van der Waals surface area contributed by atoms with E-state index in [9.17, 15) is 5.11 Å². The zero-order valence-electron chi connectivity index (χ0n) is 7.62. The van der Waals surface area contributed by atoms with Crippen LogP contribution in [0.2, 0.25) is 0 Å². The number of hydrogen-bond acceptors (Lipinski definition) is 1. The summed E-state index contributed by atoms with van der Waals surface area (Å²) in [4.78, 5) is 0. The van der Waals surface area contributed by atoms with E-state index < -0.39 is 5.60 Å². The van der Waals surface area contributed by atoms with Crippen molar-refractivity contribution < 1.29 is 5.11 Å². The van der Waals surface area contributed by atoms with E-state index in [1.165, 1.54) is 0 Å². The van der Waals surface area contributed by atoms with E-state index in [2.05, 4.69) is 6.92 Å². The Kier molecular flexibility index (Phi) is 2.53. The maximum atomic E-state index is 10.0. The van der Waals surface area contributed by atoms with Gasteiger partial charge in [-0.3, -0.25) is 0 Å². The summed E-state index contributed by atoms with van der Waals surface area (Å²) in [5.74, 6) is -0.0140. The van der Waals surface area contributed by atoms with Gasteiger partial charge in [0.1, 0.15) is 0 Å². The Bertz CT molecular complexity index is 236. The molecule has 0 heterocycles. The Balaban J connectivity index is 2.98. The molecule has 1 rings (SSSR count). The predicted octanol–water partition coefficient (Wildman–Crippen LogP) is 2.36. The highest BCUT2D eigenvalue weighted by Gasteiger charge is 2.26. The van der Waals surface area contributed by atoms with Crippen molar-refractivity contribution in [2.24, 2.45) is 5.92 Å². The maximum absolute atomic E-state index is 10.0. The lowest BCUT2D eigenvalue weighted by atomic mass is 9.85. The lowest BCUT2D eigenvalue weighted by molar-refractivity contribution is 0.0192. The highest BCUT2D eigenvalue weighted by Crippen LogP contribution is 2.27. The smallest absolute Gasteiger partial charge is 0.0893 e. The fourth-order valence-electron chi connectivity index (χ4n) is 1.06. The minimum Gasteiger partial charge on any atom is -0.385 e. The van der Waals surface area contributed by atoms with Gasteiger partial charge < -0.3 is 5.11 Å². The van der Waals surface area contributed by atoms with Gasteiger partial charge in [0.15, 0.2) is 0 Å². The number of hydrogen-bond donors (Lipinski definition) is 1. The lowest BCUT2D eigenvalue weighted by Crippen LogP contribution is -2.27. The van der Waals surface area contributed by atoms with Crippen molar-refractivity contribution in [2.45, 2.75) is 19.4 Å². The topological polar surface area (TPSA) is 20.2 Å². The highest BCUT2D eigenvalue weighted by atomic mass is 16.3. The van der Waals surface area contributed by atoms with Crippen molar-refractivity contribution in [3.05, 3.63) is 42.8 Å². The molecular formula is C11H15O. The van der Waals surface area contributed by atoms with Crippen molar-refractivity contribution in [3.8, 4) is 0 Å². The van der Waals surface area contributed by atoms with Gasteiger partial charge in [-0.1, -0.05) is 37.3 Å². The molecule has 0 aliphatic rings. The van der Waals surface area contributed by atoms with Gasteiger partial charge in [-0.15, -0.1) is 0 Å². The van der Waals surface area contributed by atoms with Crippen LogP contribution >= 0.6 is 0 Å². The number of rotatable bonds is 2. The normalized spacial score (nSPS) is 16.1. The molecule has 0 amide bonds. The Morgan fingerprint density at radius 1 is 1.33 bits per heavy atom. The molecule has 0 fully saturated rings.